The Labute approximate surface area is 106 Å². The van der Waals surface area contributed by atoms with Gasteiger partial charge in [0.1, 0.15) is 0 Å². The monoisotopic (exact) mass is 248 g/mol. The molecule has 17 heavy (non-hydrogen) atoms. The normalized spacial score (nSPS) is 23.8. The smallest absolute Gasteiger partial charge is 0.229 e. The molecule has 0 aliphatic heterocycles. The second kappa shape index (κ2) is 4.84. The standard InChI is InChI=1S/C13H16N2OS/c1-8(12(14)17)13(16)15-11-7-10(11)9-5-3-2-4-6-9/h2-6,8,10-11H,7H2,1H3,(H2,14,17)(H,15,16). The summed E-state index contributed by atoms with van der Waals surface area (Å²) in [7, 11) is 0. The average molecular weight is 248 g/mol. The minimum atomic E-state index is -0.387. The Balaban J connectivity index is 1.88. The quantitative estimate of drug-likeness (QED) is 0.795. The summed E-state index contributed by atoms with van der Waals surface area (Å²) in [6.07, 6.45) is 1.000. The van der Waals surface area contributed by atoms with Gasteiger partial charge in [0.2, 0.25) is 5.91 Å². The van der Waals surface area contributed by atoms with Crippen LogP contribution in [0.15, 0.2) is 30.3 Å². The Morgan fingerprint density at radius 1 is 1.47 bits per heavy atom. The van der Waals surface area contributed by atoms with Crippen molar-refractivity contribution in [2.24, 2.45) is 11.7 Å². The molecule has 0 bridgehead atoms. The maximum atomic E-state index is 11.7. The van der Waals surface area contributed by atoms with Crippen LogP contribution in [0.2, 0.25) is 0 Å². The number of amides is 1. The minimum absolute atomic E-state index is 0.0686. The van der Waals surface area contributed by atoms with Crippen molar-refractivity contribution < 1.29 is 4.79 Å². The molecule has 90 valence electrons. The number of nitrogens with one attached hydrogen (secondary N) is 1. The third-order valence-corrected chi connectivity index (χ3v) is 3.52. The van der Waals surface area contributed by atoms with Crippen molar-refractivity contribution in [2.75, 3.05) is 0 Å². The van der Waals surface area contributed by atoms with Crippen LogP contribution in [0.5, 0.6) is 0 Å². The van der Waals surface area contributed by atoms with E-state index in [0.29, 0.717) is 5.92 Å². The fourth-order valence-electron chi connectivity index (χ4n) is 1.86. The van der Waals surface area contributed by atoms with Gasteiger partial charge in [-0.05, 0) is 18.9 Å². The average Bonchev–Trinajstić information content (AvgIpc) is 3.08. The minimum Gasteiger partial charge on any atom is -0.393 e. The third-order valence-electron chi connectivity index (χ3n) is 3.17. The van der Waals surface area contributed by atoms with Crippen LogP contribution in [-0.2, 0) is 4.79 Å². The van der Waals surface area contributed by atoms with E-state index < -0.39 is 0 Å². The number of rotatable bonds is 4. The topological polar surface area (TPSA) is 55.1 Å². The molecule has 1 aliphatic rings. The Bertz CT molecular complexity index is 432. The summed E-state index contributed by atoms with van der Waals surface area (Å²) in [6.45, 7) is 1.73. The zero-order valence-corrected chi connectivity index (χ0v) is 10.5. The van der Waals surface area contributed by atoms with E-state index in [4.69, 9.17) is 18.0 Å². The lowest BCUT2D eigenvalue weighted by Gasteiger charge is -2.10. The van der Waals surface area contributed by atoms with Crippen molar-refractivity contribution in [1.82, 2.24) is 5.32 Å². The predicted octanol–water partition coefficient (Wildman–Crippen LogP) is 1.58. The predicted molar refractivity (Wildman–Crippen MR) is 71.7 cm³/mol. The lowest BCUT2D eigenvalue weighted by atomic mass is 10.1. The summed E-state index contributed by atoms with van der Waals surface area (Å²) in [5, 5.41) is 2.98. The molecule has 4 heteroatoms. The molecule has 1 aromatic rings. The van der Waals surface area contributed by atoms with E-state index in [2.05, 4.69) is 17.4 Å². The van der Waals surface area contributed by atoms with Gasteiger partial charge in [-0.2, -0.15) is 0 Å². The summed E-state index contributed by atoms with van der Waals surface area (Å²) in [6, 6.07) is 10.5. The molecule has 1 aromatic carbocycles. The second-order valence-corrected chi connectivity index (χ2v) is 4.96. The molecule has 0 heterocycles. The van der Waals surface area contributed by atoms with E-state index in [1.54, 1.807) is 6.92 Å². The van der Waals surface area contributed by atoms with Gasteiger partial charge >= 0.3 is 0 Å². The largest absolute Gasteiger partial charge is 0.393 e. The summed E-state index contributed by atoms with van der Waals surface area (Å²) < 4.78 is 0. The fraction of sp³-hybridized carbons (Fsp3) is 0.385. The number of benzene rings is 1. The van der Waals surface area contributed by atoms with Crippen LogP contribution in [0, 0.1) is 5.92 Å². The van der Waals surface area contributed by atoms with Crippen LogP contribution in [0.3, 0.4) is 0 Å². The van der Waals surface area contributed by atoms with Gasteiger partial charge in [0, 0.05) is 12.0 Å². The SMILES string of the molecule is CC(C(=O)NC1CC1c1ccccc1)C(N)=S. The molecule has 3 unspecified atom stereocenters. The summed E-state index contributed by atoms with van der Waals surface area (Å²) in [5.74, 6) is -0.0124. The van der Waals surface area contributed by atoms with E-state index in [-0.39, 0.29) is 22.9 Å². The Kier molecular flexibility index (Phi) is 3.43. The lowest BCUT2D eigenvalue weighted by molar-refractivity contribution is -0.122. The zero-order chi connectivity index (χ0) is 12.4. The van der Waals surface area contributed by atoms with Crippen LogP contribution in [0.4, 0.5) is 0 Å². The Hall–Kier alpha value is -1.42. The molecule has 3 N–H and O–H groups in total. The molecule has 0 aromatic heterocycles. The zero-order valence-electron chi connectivity index (χ0n) is 9.72. The highest BCUT2D eigenvalue weighted by atomic mass is 32.1. The van der Waals surface area contributed by atoms with Gasteiger partial charge in [-0.3, -0.25) is 4.79 Å². The number of carbonyl (C=O) groups excluding carboxylic acids is 1. The molecule has 3 nitrogen and oxygen atoms in total. The van der Waals surface area contributed by atoms with E-state index in [1.165, 1.54) is 5.56 Å². The van der Waals surface area contributed by atoms with Crippen LogP contribution < -0.4 is 11.1 Å². The van der Waals surface area contributed by atoms with E-state index in [1.807, 2.05) is 18.2 Å². The van der Waals surface area contributed by atoms with Gasteiger partial charge in [-0.25, -0.2) is 0 Å². The molecule has 1 fully saturated rings. The first-order valence-corrected chi connectivity index (χ1v) is 6.15. The van der Waals surface area contributed by atoms with Crippen molar-refractivity contribution in [3.8, 4) is 0 Å². The van der Waals surface area contributed by atoms with Crippen molar-refractivity contribution in [3.63, 3.8) is 0 Å². The van der Waals surface area contributed by atoms with Gasteiger partial charge in [0.15, 0.2) is 0 Å². The van der Waals surface area contributed by atoms with Gasteiger partial charge < -0.3 is 11.1 Å². The second-order valence-electron chi connectivity index (χ2n) is 4.49. The molecule has 0 spiro atoms. The number of carbonyl (C=O) groups is 1. The van der Waals surface area contributed by atoms with Crippen molar-refractivity contribution >= 4 is 23.1 Å². The highest BCUT2D eigenvalue weighted by Crippen LogP contribution is 2.40. The van der Waals surface area contributed by atoms with Crippen molar-refractivity contribution in [2.45, 2.75) is 25.3 Å². The van der Waals surface area contributed by atoms with Gasteiger partial charge in [0.05, 0.1) is 10.9 Å². The molecule has 0 radical (unpaired) electrons. The van der Waals surface area contributed by atoms with Crippen LogP contribution >= 0.6 is 12.2 Å². The Morgan fingerprint density at radius 3 is 2.71 bits per heavy atom. The summed E-state index contributed by atoms with van der Waals surface area (Å²) >= 11 is 4.81. The molecule has 1 saturated carbocycles. The number of hydrogen-bond donors (Lipinski definition) is 2. The molecule has 1 aliphatic carbocycles. The van der Waals surface area contributed by atoms with E-state index in [9.17, 15) is 4.79 Å². The molecule has 0 saturated heterocycles. The molecule has 1 amide bonds. The maximum absolute atomic E-state index is 11.7. The summed E-state index contributed by atoms with van der Waals surface area (Å²) in [5.41, 5.74) is 6.73. The first-order chi connectivity index (χ1) is 8.09. The third kappa shape index (κ3) is 2.82. The molecular formula is C13H16N2OS. The van der Waals surface area contributed by atoms with Crippen LogP contribution in [-0.4, -0.2) is 16.9 Å². The molecular weight excluding hydrogens is 232 g/mol. The summed E-state index contributed by atoms with van der Waals surface area (Å²) in [4.78, 5) is 12.0. The highest BCUT2D eigenvalue weighted by molar-refractivity contribution is 7.80. The number of thiocarbonyl (C=S) groups is 1. The van der Waals surface area contributed by atoms with Crippen molar-refractivity contribution in [1.29, 1.82) is 0 Å². The maximum Gasteiger partial charge on any atom is 0.229 e. The van der Waals surface area contributed by atoms with Gasteiger partial charge in [-0.1, -0.05) is 42.5 Å². The van der Waals surface area contributed by atoms with E-state index in [0.717, 1.165) is 6.42 Å². The van der Waals surface area contributed by atoms with Crippen molar-refractivity contribution in [3.05, 3.63) is 35.9 Å². The van der Waals surface area contributed by atoms with Gasteiger partial charge in [-0.15, -0.1) is 0 Å². The first kappa shape index (κ1) is 12.0. The van der Waals surface area contributed by atoms with E-state index >= 15 is 0 Å². The highest BCUT2D eigenvalue weighted by Gasteiger charge is 2.40. The fourth-order valence-corrected chi connectivity index (χ4v) is 1.97. The molecule has 3 atom stereocenters. The lowest BCUT2D eigenvalue weighted by Crippen LogP contribution is -2.37. The molecule has 2 rings (SSSR count). The number of hydrogen-bond acceptors (Lipinski definition) is 2. The number of nitrogens with two attached hydrogens (primary N) is 1. The van der Waals surface area contributed by atoms with Gasteiger partial charge in [0.25, 0.3) is 0 Å². The Morgan fingerprint density at radius 2 is 2.12 bits per heavy atom. The first-order valence-electron chi connectivity index (χ1n) is 5.74. The van der Waals surface area contributed by atoms with Crippen LogP contribution in [0.1, 0.15) is 24.8 Å². The van der Waals surface area contributed by atoms with Crippen LogP contribution in [0.25, 0.3) is 0 Å².